The number of benzene rings is 4. The van der Waals surface area contributed by atoms with Gasteiger partial charge in [0.15, 0.2) is 0 Å². The summed E-state index contributed by atoms with van der Waals surface area (Å²) in [6.07, 6.45) is 0.373. The molecule has 1 aliphatic heterocycles. The van der Waals surface area contributed by atoms with Crippen LogP contribution in [0.2, 0.25) is 5.82 Å². The molecule has 1 saturated heterocycles. The summed E-state index contributed by atoms with van der Waals surface area (Å²) in [7, 11) is 2.61. The van der Waals surface area contributed by atoms with E-state index in [-0.39, 0.29) is 5.92 Å². The first-order chi connectivity index (χ1) is 21.5. The van der Waals surface area contributed by atoms with Gasteiger partial charge in [0.1, 0.15) is 23.4 Å². The standard InChI is InChI=1S/C38H43BO5/c1-6-28(3)34(40)33(7-2)39-43-35(37(41-4,29-20-12-8-13-21-29)30-22-14-9-15-23-30)36(44-39)38(42-5,31-24-16-10-17-25-31)32-26-18-11-19-27-32/h7-28,33-36,40H,2,6H2,1,3-5H3/t28?,33-,34+,35-,36-/m1/s1. The van der Waals surface area contributed by atoms with E-state index in [1.165, 1.54) is 0 Å². The smallest absolute Gasteiger partial charge is 0.401 e. The molecule has 1 aliphatic rings. The number of aliphatic hydroxyl groups excluding tert-OH is 1. The third-order valence-corrected chi connectivity index (χ3v) is 9.30. The Labute approximate surface area is 262 Å². The lowest BCUT2D eigenvalue weighted by molar-refractivity contribution is -0.136. The van der Waals surface area contributed by atoms with Crippen LogP contribution in [0.1, 0.15) is 42.5 Å². The van der Waals surface area contributed by atoms with Gasteiger partial charge in [0, 0.05) is 20.0 Å². The molecule has 5 nitrogen and oxygen atoms in total. The summed E-state index contributed by atoms with van der Waals surface area (Å²) < 4.78 is 27.6. The first-order valence-corrected chi connectivity index (χ1v) is 15.4. The highest BCUT2D eigenvalue weighted by atomic mass is 16.7. The Morgan fingerprint density at radius 1 is 0.705 bits per heavy atom. The Bertz CT molecular complexity index is 1270. The highest BCUT2D eigenvalue weighted by molar-refractivity contribution is 6.48. The molecule has 1 fully saturated rings. The van der Waals surface area contributed by atoms with Crippen LogP contribution in [-0.2, 0) is 30.0 Å². The van der Waals surface area contributed by atoms with Crippen molar-refractivity contribution in [1.82, 2.24) is 0 Å². The molecule has 4 aromatic rings. The maximum absolute atomic E-state index is 11.5. The number of hydrogen-bond donors (Lipinski definition) is 1. The molecule has 228 valence electrons. The zero-order valence-corrected chi connectivity index (χ0v) is 26.1. The maximum atomic E-state index is 11.5. The molecule has 1 unspecified atom stereocenters. The molecule has 4 aromatic carbocycles. The van der Waals surface area contributed by atoms with Gasteiger partial charge >= 0.3 is 7.12 Å². The van der Waals surface area contributed by atoms with E-state index in [2.05, 4.69) is 62.0 Å². The van der Waals surface area contributed by atoms with E-state index >= 15 is 0 Å². The van der Waals surface area contributed by atoms with E-state index in [1.807, 2.05) is 79.7 Å². The summed E-state index contributed by atoms with van der Waals surface area (Å²) in [6, 6.07) is 40.5. The zero-order chi connectivity index (χ0) is 31.2. The molecule has 0 spiro atoms. The summed E-state index contributed by atoms with van der Waals surface area (Å²) in [5.74, 6) is -0.492. The molecule has 5 atom stereocenters. The third-order valence-electron chi connectivity index (χ3n) is 9.30. The predicted octanol–water partition coefficient (Wildman–Crippen LogP) is 7.40. The van der Waals surface area contributed by atoms with Crippen LogP contribution in [-0.4, -0.2) is 44.8 Å². The number of ether oxygens (including phenoxy) is 2. The summed E-state index contributed by atoms with van der Waals surface area (Å²) in [5.41, 5.74) is 1.44. The van der Waals surface area contributed by atoms with Crippen LogP contribution in [0.4, 0.5) is 0 Å². The van der Waals surface area contributed by atoms with Crippen LogP contribution < -0.4 is 0 Å². The van der Waals surface area contributed by atoms with E-state index < -0.39 is 42.4 Å². The lowest BCUT2D eigenvalue weighted by Gasteiger charge is -2.47. The summed E-state index contributed by atoms with van der Waals surface area (Å²) in [4.78, 5) is 0. The number of hydrogen-bond acceptors (Lipinski definition) is 5. The lowest BCUT2D eigenvalue weighted by atomic mass is 9.66. The van der Waals surface area contributed by atoms with Crippen LogP contribution >= 0.6 is 0 Å². The minimum absolute atomic E-state index is 0.00792. The van der Waals surface area contributed by atoms with E-state index in [4.69, 9.17) is 18.8 Å². The number of rotatable bonds is 13. The van der Waals surface area contributed by atoms with Crippen molar-refractivity contribution < 1.29 is 23.9 Å². The predicted molar refractivity (Wildman–Crippen MR) is 176 cm³/mol. The molecule has 1 heterocycles. The molecule has 1 N–H and O–H groups in total. The van der Waals surface area contributed by atoms with E-state index in [0.29, 0.717) is 0 Å². The molecule has 0 aliphatic carbocycles. The monoisotopic (exact) mass is 590 g/mol. The normalized spacial score (nSPS) is 19.3. The van der Waals surface area contributed by atoms with Crippen molar-refractivity contribution in [1.29, 1.82) is 0 Å². The molecule has 0 bridgehead atoms. The molecular formula is C38H43BO5. The quantitative estimate of drug-likeness (QED) is 0.130. The first kappa shape index (κ1) is 31.9. The second-order valence-corrected chi connectivity index (χ2v) is 11.5. The molecule has 0 aromatic heterocycles. The van der Waals surface area contributed by atoms with Crippen LogP contribution in [0.25, 0.3) is 0 Å². The van der Waals surface area contributed by atoms with Crippen molar-refractivity contribution in [3.05, 3.63) is 156 Å². The topological polar surface area (TPSA) is 57.2 Å². The molecule has 0 radical (unpaired) electrons. The van der Waals surface area contributed by atoms with Gasteiger partial charge in [-0.15, -0.1) is 6.58 Å². The lowest BCUT2D eigenvalue weighted by Crippen LogP contribution is -2.56. The maximum Gasteiger partial charge on any atom is 0.467 e. The Hall–Kier alpha value is -3.52. The second kappa shape index (κ2) is 14.1. The van der Waals surface area contributed by atoms with Gasteiger partial charge in [-0.25, -0.2) is 0 Å². The fraction of sp³-hybridized carbons (Fsp3) is 0.316. The van der Waals surface area contributed by atoms with Crippen molar-refractivity contribution >= 4 is 7.12 Å². The fourth-order valence-electron chi connectivity index (χ4n) is 6.73. The number of methoxy groups -OCH3 is 2. The second-order valence-electron chi connectivity index (χ2n) is 11.5. The van der Waals surface area contributed by atoms with Crippen LogP contribution in [0, 0.1) is 5.92 Å². The van der Waals surface area contributed by atoms with E-state index in [1.54, 1.807) is 20.3 Å². The Morgan fingerprint density at radius 2 is 1.02 bits per heavy atom. The van der Waals surface area contributed by atoms with E-state index in [9.17, 15) is 5.11 Å². The first-order valence-electron chi connectivity index (χ1n) is 15.4. The molecule has 0 amide bonds. The van der Waals surface area contributed by atoms with Crippen molar-refractivity contribution in [3.8, 4) is 0 Å². The zero-order valence-electron chi connectivity index (χ0n) is 26.1. The van der Waals surface area contributed by atoms with Gasteiger partial charge in [-0.05, 0) is 28.2 Å². The van der Waals surface area contributed by atoms with Gasteiger partial charge in [-0.3, -0.25) is 0 Å². The molecule has 5 rings (SSSR count). The Morgan fingerprint density at radius 3 is 1.27 bits per heavy atom. The average molecular weight is 591 g/mol. The summed E-state index contributed by atoms with van der Waals surface area (Å²) >= 11 is 0. The van der Waals surface area contributed by atoms with Gasteiger partial charge in [-0.2, -0.15) is 0 Å². The number of aliphatic hydroxyl groups is 1. The third kappa shape index (κ3) is 5.58. The van der Waals surface area contributed by atoms with Gasteiger partial charge in [-0.1, -0.05) is 148 Å². The van der Waals surface area contributed by atoms with Gasteiger partial charge in [0.25, 0.3) is 0 Å². The van der Waals surface area contributed by atoms with Gasteiger partial charge in [0.05, 0.1) is 6.10 Å². The summed E-state index contributed by atoms with van der Waals surface area (Å²) in [6.45, 7) is 8.21. The SMILES string of the molecule is C=C[C@@H](B1O[C@@H](C(OC)(c2ccccc2)c2ccccc2)[C@H](C(OC)(c2ccccc2)c2ccccc2)O1)[C@@H](O)C(C)CC. The Balaban J connectivity index is 1.81. The highest BCUT2D eigenvalue weighted by Gasteiger charge is 2.63. The Kier molecular flexibility index (Phi) is 10.2. The van der Waals surface area contributed by atoms with E-state index in [0.717, 1.165) is 28.7 Å². The van der Waals surface area contributed by atoms with Crippen molar-refractivity contribution in [2.24, 2.45) is 5.92 Å². The molecule has 44 heavy (non-hydrogen) atoms. The van der Waals surface area contributed by atoms with Crippen molar-refractivity contribution in [2.45, 2.75) is 55.6 Å². The van der Waals surface area contributed by atoms with Crippen LogP contribution in [0.3, 0.4) is 0 Å². The van der Waals surface area contributed by atoms with Crippen LogP contribution in [0.15, 0.2) is 134 Å². The van der Waals surface area contributed by atoms with Crippen LogP contribution in [0.5, 0.6) is 0 Å². The molecular weight excluding hydrogens is 547 g/mol. The largest absolute Gasteiger partial charge is 0.467 e. The minimum atomic E-state index is -1.11. The van der Waals surface area contributed by atoms with Crippen molar-refractivity contribution in [2.75, 3.05) is 14.2 Å². The summed E-state index contributed by atoms with van der Waals surface area (Å²) in [5, 5.41) is 11.5. The molecule has 6 heteroatoms. The minimum Gasteiger partial charge on any atom is -0.401 e. The fourth-order valence-corrected chi connectivity index (χ4v) is 6.73. The highest BCUT2D eigenvalue weighted by Crippen LogP contribution is 2.51. The average Bonchev–Trinajstić information content (AvgIpc) is 3.53. The van der Waals surface area contributed by atoms with Gasteiger partial charge in [0.2, 0.25) is 0 Å². The molecule has 0 saturated carbocycles. The van der Waals surface area contributed by atoms with Gasteiger partial charge < -0.3 is 23.9 Å². The van der Waals surface area contributed by atoms with Crippen molar-refractivity contribution in [3.63, 3.8) is 0 Å².